The minimum atomic E-state index is -0.903. The topological polar surface area (TPSA) is 69.1 Å². The van der Waals surface area contributed by atoms with E-state index in [1.165, 1.54) is 5.57 Å². The van der Waals surface area contributed by atoms with Crippen LogP contribution in [0, 0.1) is 0 Å². The van der Waals surface area contributed by atoms with E-state index in [1.54, 1.807) is 18.0 Å². The first kappa shape index (κ1) is 22.2. The fraction of sp³-hybridized carbons (Fsp3) is 0.250. The highest BCUT2D eigenvalue weighted by Gasteiger charge is 2.30. The number of hydrogen-bond donors (Lipinski definition) is 2. The van der Waals surface area contributed by atoms with Gasteiger partial charge in [-0.2, -0.15) is 0 Å². The highest BCUT2D eigenvalue weighted by molar-refractivity contribution is 7.80. The van der Waals surface area contributed by atoms with Gasteiger partial charge >= 0.3 is 0 Å². The van der Waals surface area contributed by atoms with Crippen molar-refractivity contribution >= 4 is 52.1 Å². The Bertz CT molecular complexity index is 1140. The number of fused-ring (bicyclic) bond motifs is 1. The number of benzodiazepines with no additional fused rings is 1. The third-order valence-electron chi connectivity index (χ3n) is 5.46. The second-order valence-electron chi connectivity index (χ2n) is 7.58. The maximum atomic E-state index is 13.3. The molecule has 0 aromatic heterocycles. The van der Waals surface area contributed by atoms with Crippen LogP contribution in [0.1, 0.15) is 30.9 Å². The van der Waals surface area contributed by atoms with Crippen molar-refractivity contribution in [3.8, 4) is 0 Å². The Morgan fingerprint density at radius 2 is 2.03 bits per heavy atom. The van der Waals surface area contributed by atoms with E-state index in [9.17, 15) is 4.79 Å². The van der Waals surface area contributed by atoms with Gasteiger partial charge in [0.05, 0.1) is 11.4 Å². The molecule has 0 radical (unpaired) electrons. The lowest BCUT2D eigenvalue weighted by molar-refractivity contribution is -0.119. The number of likely N-dealkylation sites (N-methyl/N-ethyl adjacent to an activating group) is 1. The third kappa shape index (κ3) is 4.74. The maximum Gasteiger partial charge on any atom is 0.272 e. The molecule has 1 amide bonds. The lowest BCUT2D eigenvalue weighted by Gasteiger charge is -2.22. The largest absolute Gasteiger partial charge is 0.333 e. The molecule has 164 valence electrons. The highest BCUT2D eigenvalue weighted by atomic mass is 35.5. The monoisotopic (exact) mass is 465 g/mol. The Balaban J connectivity index is 1.67. The first-order valence-corrected chi connectivity index (χ1v) is 11.3. The Morgan fingerprint density at radius 1 is 1.25 bits per heavy atom. The van der Waals surface area contributed by atoms with Gasteiger partial charge in [0.25, 0.3) is 5.91 Å². The number of dihydropyridines is 1. The average Bonchev–Trinajstić information content (AvgIpc) is 2.90. The number of hydrogen-bond acceptors (Lipinski definition) is 4. The van der Waals surface area contributed by atoms with Gasteiger partial charge in [0.15, 0.2) is 5.11 Å². The van der Waals surface area contributed by atoms with Crippen LogP contribution in [0.2, 0.25) is 5.02 Å². The third-order valence-corrected chi connectivity index (χ3v) is 5.92. The zero-order chi connectivity index (χ0) is 22.7. The van der Waals surface area contributed by atoms with Crippen LogP contribution in [0.4, 0.5) is 5.69 Å². The minimum Gasteiger partial charge on any atom is -0.333 e. The first-order valence-electron chi connectivity index (χ1n) is 10.5. The number of aliphatic imine (C=N–C) groups is 2. The molecule has 2 aromatic carbocycles. The molecule has 0 saturated heterocycles. The summed E-state index contributed by atoms with van der Waals surface area (Å²) in [6, 6.07) is 15.2. The quantitative estimate of drug-likeness (QED) is 0.670. The van der Waals surface area contributed by atoms with Crippen molar-refractivity contribution in [2.75, 3.05) is 18.5 Å². The van der Waals surface area contributed by atoms with Crippen LogP contribution in [0.5, 0.6) is 0 Å². The van der Waals surface area contributed by atoms with E-state index in [-0.39, 0.29) is 5.91 Å². The molecular weight excluding hydrogens is 442 g/mol. The lowest BCUT2D eigenvalue weighted by atomic mass is 10.0. The molecule has 2 aromatic rings. The Hall–Kier alpha value is -3.03. The summed E-state index contributed by atoms with van der Waals surface area (Å²) in [6.45, 7) is 2.84. The van der Waals surface area contributed by atoms with Crippen LogP contribution in [-0.2, 0) is 4.79 Å². The van der Waals surface area contributed by atoms with E-state index in [1.807, 2.05) is 48.5 Å². The summed E-state index contributed by atoms with van der Waals surface area (Å²) >= 11 is 11.8. The van der Waals surface area contributed by atoms with Gasteiger partial charge in [-0.05, 0) is 49.3 Å². The number of nitrogens with one attached hydrogen (secondary N) is 2. The Morgan fingerprint density at radius 3 is 2.78 bits per heavy atom. The molecule has 0 spiro atoms. The van der Waals surface area contributed by atoms with Crippen LogP contribution in [-0.4, -0.2) is 42.3 Å². The predicted octanol–water partition coefficient (Wildman–Crippen LogP) is 4.08. The van der Waals surface area contributed by atoms with E-state index >= 15 is 0 Å². The Kier molecular flexibility index (Phi) is 6.67. The van der Waals surface area contributed by atoms with Crippen molar-refractivity contribution in [2.24, 2.45) is 9.98 Å². The van der Waals surface area contributed by atoms with Gasteiger partial charge in [0.1, 0.15) is 5.84 Å². The average molecular weight is 466 g/mol. The van der Waals surface area contributed by atoms with E-state index in [4.69, 9.17) is 28.8 Å². The molecule has 32 heavy (non-hydrogen) atoms. The van der Waals surface area contributed by atoms with E-state index < -0.39 is 6.17 Å². The summed E-state index contributed by atoms with van der Waals surface area (Å²) in [5.74, 6) is 0.474. The van der Waals surface area contributed by atoms with Crippen LogP contribution < -0.4 is 15.5 Å². The summed E-state index contributed by atoms with van der Waals surface area (Å²) in [4.78, 5) is 24.1. The molecule has 2 heterocycles. The van der Waals surface area contributed by atoms with Crippen molar-refractivity contribution in [3.05, 3.63) is 76.3 Å². The molecule has 1 atom stereocenters. The number of halogens is 1. The molecule has 8 heteroatoms. The van der Waals surface area contributed by atoms with Gasteiger partial charge in [-0.3, -0.25) is 9.79 Å². The number of carbonyl (C=O) groups is 1. The minimum absolute atomic E-state index is 0.223. The number of thiocarbonyl (C=S) groups is 1. The molecular formula is C24H24ClN5OS. The van der Waals surface area contributed by atoms with Crippen molar-refractivity contribution < 1.29 is 4.79 Å². The van der Waals surface area contributed by atoms with E-state index in [0.717, 1.165) is 36.2 Å². The molecule has 2 aliphatic rings. The summed E-state index contributed by atoms with van der Waals surface area (Å²) in [5.41, 5.74) is 4.39. The number of amides is 1. The number of anilines is 1. The first-order chi connectivity index (χ1) is 15.5. The number of benzene rings is 2. The molecule has 2 aliphatic heterocycles. The summed E-state index contributed by atoms with van der Waals surface area (Å²) < 4.78 is 0. The van der Waals surface area contributed by atoms with Gasteiger partial charge < -0.3 is 15.5 Å². The van der Waals surface area contributed by atoms with Crippen LogP contribution >= 0.6 is 23.8 Å². The van der Waals surface area contributed by atoms with Gasteiger partial charge in [0, 0.05) is 29.7 Å². The fourth-order valence-corrected chi connectivity index (χ4v) is 4.12. The summed E-state index contributed by atoms with van der Waals surface area (Å²) in [6.07, 6.45) is 3.03. The number of rotatable bonds is 3. The van der Waals surface area contributed by atoms with Gasteiger partial charge in [-0.15, -0.1) is 0 Å². The van der Waals surface area contributed by atoms with Gasteiger partial charge in [0.2, 0.25) is 6.17 Å². The van der Waals surface area contributed by atoms with Gasteiger partial charge in [-0.1, -0.05) is 54.4 Å². The van der Waals surface area contributed by atoms with Crippen molar-refractivity contribution in [1.82, 2.24) is 10.6 Å². The predicted molar refractivity (Wildman–Crippen MR) is 135 cm³/mol. The molecule has 0 aliphatic carbocycles. The second-order valence-corrected chi connectivity index (χ2v) is 8.42. The van der Waals surface area contributed by atoms with Crippen LogP contribution in [0.15, 0.2) is 70.2 Å². The van der Waals surface area contributed by atoms with Crippen molar-refractivity contribution in [2.45, 2.75) is 25.9 Å². The molecule has 0 fully saturated rings. The molecule has 2 N–H and O–H groups in total. The molecule has 1 unspecified atom stereocenters. The zero-order valence-electron chi connectivity index (χ0n) is 17.9. The SMILES string of the molecule is CCC1=CC(NC(=S)NC2N=C(c3ccccc3)c3cc(Cl)ccc3N(C)C2=O)=NCC1. The highest BCUT2D eigenvalue weighted by Crippen LogP contribution is 2.29. The Labute approximate surface area is 198 Å². The number of amidine groups is 1. The zero-order valence-corrected chi connectivity index (χ0v) is 19.5. The standard InChI is InChI=1S/C24H24ClN5OS/c1-3-15-11-12-26-20(13-15)27-24(32)29-22-23(31)30(2)19-10-9-17(25)14-18(19)21(28-22)16-7-5-4-6-8-16/h4-10,13-14,22H,3,11-12H2,1-2H3,(H2,26,27,29,32). The maximum absolute atomic E-state index is 13.3. The van der Waals surface area contributed by atoms with E-state index in [0.29, 0.717) is 21.7 Å². The van der Waals surface area contributed by atoms with Crippen LogP contribution in [0.3, 0.4) is 0 Å². The normalized spacial score (nSPS) is 18.1. The number of carbonyl (C=O) groups excluding carboxylic acids is 1. The molecule has 4 rings (SSSR count). The van der Waals surface area contributed by atoms with Crippen molar-refractivity contribution in [3.63, 3.8) is 0 Å². The number of nitrogens with zero attached hydrogens (tertiary/aromatic N) is 3. The smallest absolute Gasteiger partial charge is 0.272 e. The molecule has 0 bridgehead atoms. The second kappa shape index (κ2) is 9.63. The molecule has 0 saturated carbocycles. The fourth-order valence-electron chi connectivity index (χ4n) is 3.73. The lowest BCUT2D eigenvalue weighted by Crippen LogP contribution is -2.50. The molecule has 6 nitrogen and oxygen atoms in total. The van der Waals surface area contributed by atoms with Crippen LogP contribution in [0.25, 0.3) is 0 Å². The van der Waals surface area contributed by atoms with E-state index in [2.05, 4.69) is 22.5 Å². The van der Waals surface area contributed by atoms with Crippen molar-refractivity contribution in [1.29, 1.82) is 0 Å². The van der Waals surface area contributed by atoms with Gasteiger partial charge in [-0.25, -0.2) is 4.99 Å². The summed E-state index contributed by atoms with van der Waals surface area (Å²) in [5, 5.41) is 7.04. The summed E-state index contributed by atoms with van der Waals surface area (Å²) in [7, 11) is 1.73.